The van der Waals surface area contributed by atoms with Gasteiger partial charge in [-0.05, 0) is 38.2 Å². The van der Waals surface area contributed by atoms with E-state index in [0.29, 0.717) is 6.04 Å². The monoisotopic (exact) mass is 256 g/mol. The second kappa shape index (κ2) is 4.70. The third-order valence-electron chi connectivity index (χ3n) is 4.04. The molecule has 2 heterocycles. The van der Waals surface area contributed by atoms with Crippen molar-refractivity contribution in [1.82, 2.24) is 9.88 Å². The molecule has 0 radical (unpaired) electrons. The van der Waals surface area contributed by atoms with Gasteiger partial charge in [-0.15, -0.1) is 0 Å². The SMILES string of the molecule is CC1CN(c2ccnc3cc(N)ccc23)CCN1C. The maximum absolute atomic E-state index is 5.83. The Labute approximate surface area is 113 Å². The van der Waals surface area contributed by atoms with Crippen LogP contribution in [0.25, 0.3) is 10.9 Å². The van der Waals surface area contributed by atoms with E-state index in [1.807, 2.05) is 18.3 Å². The Kier molecular flexibility index (Phi) is 3.03. The van der Waals surface area contributed by atoms with Gasteiger partial charge in [0.1, 0.15) is 0 Å². The van der Waals surface area contributed by atoms with Crippen molar-refractivity contribution in [2.75, 3.05) is 37.3 Å². The van der Waals surface area contributed by atoms with Crippen LogP contribution in [-0.2, 0) is 0 Å². The minimum atomic E-state index is 0.575. The van der Waals surface area contributed by atoms with Gasteiger partial charge < -0.3 is 15.5 Å². The third-order valence-corrected chi connectivity index (χ3v) is 4.04. The first-order valence-electron chi connectivity index (χ1n) is 6.74. The molecule has 4 heteroatoms. The summed E-state index contributed by atoms with van der Waals surface area (Å²) in [6, 6.07) is 8.66. The molecule has 0 saturated carbocycles. The Bertz CT molecular complexity index is 596. The molecule has 1 aliphatic rings. The molecule has 1 aromatic carbocycles. The lowest BCUT2D eigenvalue weighted by molar-refractivity contribution is 0.234. The Morgan fingerprint density at radius 3 is 2.89 bits per heavy atom. The van der Waals surface area contributed by atoms with Crippen molar-refractivity contribution in [3.63, 3.8) is 0 Å². The highest BCUT2D eigenvalue weighted by molar-refractivity contribution is 5.93. The number of benzene rings is 1. The second-order valence-electron chi connectivity index (χ2n) is 5.38. The highest BCUT2D eigenvalue weighted by atomic mass is 15.3. The number of nitrogen functional groups attached to an aromatic ring is 1. The second-order valence-corrected chi connectivity index (χ2v) is 5.38. The lowest BCUT2D eigenvalue weighted by atomic mass is 10.1. The van der Waals surface area contributed by atoms with Crippen LogP contribution in [0.5, 0.6) is 0 Å². The third kappa shape index (κ3) is 2.24. The van der Waals surface area contributed by atoms with E-state index < -0.39 is 0 Å². The maximum Gasteiger partial charge on any atom is 0.0743 e. The largest absolute Gasteiger partial charge is 0.399 e. The number of pyridine rings is 1. The summed E-state index contributed by atoms with van der Waals surface area (Å²) in [7, 11) is 2.19. The van der Waals surface area contributed by atoms with Crippen molar-refractivity contribution >= 4 is 22.3 Å². The number of aromatic nitrogens is 1. The van der Waals surface area contributed by atoms with E-state index in [1.165, 1.54) is 11.1 Å². The van der Waals surface area contributed by atoms with E-state index >= 15 is 0 Å². The highest BCUT2D eigenvalue weighted by Gasteiger charge is 2.21. The molecule has 1 atom stereocenters. The number of hydrogen-bond donors (Lipinski definition) is 1. The normalized spacial score (nSPS) is 20.9. The van der Waals surface area contributed by atoms with Gasteiger partial charge in [0.05, 0.1) is 5.52 Å². The fraction of sp³-hybridized carbons (Fsp3) is 0.400. The van der Waals surface area contributed by atoms with E-state index in [0.717, 1.165) is 30.8 Å². The van der Waals surface area contributed by atoms with Gasteiger partial charge in [0.2, 0.25) is 0 Å². The average Bonchev–Trinajstić information content (AvgIpc) is 2.41. The van der Waals surface area contributed by atoms with E-state index in [1.54, 1.807) is 0 Å². The highest BCUT2D eigenvalue weighted by Crippen LogP contribution is 2.28. The van der Waals surface area contributed by atoms with Crippen LogP contribution in [0.4, 0.5) is 11.4 Å². The molecule has 1 fully saturated rings. The lowest BCUT2D eigenvalue weighted by Crippen LogP contribution is -2.50. The molecule has 3 rings (SSSR count). The zero-order valence-corrected chi connectivity index (χ0v) is 11.5. The zero-order valence-electron chi connectivity index (χ0n) is 11.5. The number of nitrogens with zero attached hydrogens (tertiary/aromatic N) is 3. The Balaban J connectivity index is 2.01. The fourth-order valence-electron chi connectivity index (χ4n) is 2.69. The van der Waals surface area contributed by atoms with Crippen LogP contribution < -0.4 is 10.6 Å². The van der Waals surface area contributed by atoms with Gasteiger partial charge in [0.15, 0.2) is 0 Å². The minimum Gasteiger partial charge on any atom is -0.399 e. The summed E-state index contributed by atoms with van der Waals surface area (Å²) in [6.07, 6.45) is 1.88. The van der Waals surface area contributed by atoms with Gasteiger partial charge in [-0.3, -0.25) is 4.98 Å². The van der Waals surface area contributed by atoms with Crippen LogP contribution >= 0.6 is 0 Å². The van der Waals surface area contributed by atoms with Crippen molar-refractivity contribution in [1.29, 1.82) is 0 Å². The van der Waals surface area contributed by atoms with Gasteiger partial charge >= 0.3 is 0 Å². The van der Waals surface area contributed by atoms with E-state index in [9.17, 15) is 0 Å². The van der Waals surface area contributed by atoms with Gasteiger partial charge in [0, 0.05) is 48.6 Å². The first kappa shape index (κ1) is 12.2. The number of anilines is 2. The predicted molar refractivity (Wildman–Crippen MR) is 80.5 cm³/mol. The number of hydrogen-bond acceptors (Lipinski definition) is 4. The summed E-state index contributed by atoms with van der Waals surface area (Å²) < 4.78 is 0. The summed E-state index contributed by atoms with van der Waals surface area (Å²) in [4.78, 5) is 9.26. The quantitative estimate of drug-likeness (QED) is 0.792. The van der Waals surface area contributed by atoms with Crippen molar-refractivity contribution in [2.45, 2.75) is 13.0 Å². The summed E-state index contributed by atoms with van der Waals surface area (Å²) in [5.41, 5.74) is 8.84. The summed E-state index contributed by atoms with van der Waals surface area (Å²) in [5.74, 6) is 0. The Hall–Kier alpha value is -1.81. The van der Waals surface area contributed by atoms with Gasteiger partial charge in [-0.25, -0.2) is 0 Å². The predicted octanol–water partition coefficient (Wildman–Crippen LogP) is 1.96. The molecule has 2 aromatic rings. The summed E-state index contributed by atoms with van der Waals surface area (Å²) >= 11 is 0. The summed E-state index contributed by atoms with van der Waals surface area (Å²) in [6.45, 7) is 5.48. The van der Waals surface area contributed by atoms with Crippen LogP contribution in [0, 0.1) is 0 Å². The molecule has 0 aliphatic carbocycles. The van der Waals surface area contributed by atoms with E-state index in [4.69, 9.17) is 5.73 Å². The van der Waals surface area contributed by atoms with Crippen molar-refractivity contribution in [2.24, 2.45) is 0 Å². The maximum atomic E-state index is 5.83. The lowest BCUT2D eigenvalue weighted by Gasteiger charge is -2.39. The molecule has 1 saturated heterocycles. The molecule has 1 aliphatic heterocycles. The zero-order chi connectivity index (χ0) is 13.4. The van der Waals surface area contributed by atoms with Crippen LogP contribution in [0.2, 0.25) is 0 Å². The van der Waals surface area contributed by atoms with Crippen molar-refractivity contribution < 1.29 is 0 Å². The van der Waals surface area contributed by atoms with Crippen LogP contribution in [0.3, 0.4) is 0 Å². The van der Waals surface area contributed by atoms with Gasteiger partial charge in [0.25, 0.3) is 0 Å². The first-order valence-corrected chi connectivity index (χ1v) is 6.74. The standard InChI is InChI=1S/C15H20N4/c1-11-10-19(8-7-18(11)2)15-5-6-17-14-9-12(16)3-4-13(14)15/h3-6,9,11H,7-8,10,16H2,1-2H3. The molecule has 0 amide bonds. The average molecular weight is 256 g/mol. The molecule has 1 aromatic heterocycles. The van der Waals surface area contributed by atoms with Crippen LogP contribution in [-0.4, -0.2) is 42.6 Å². The van der Waals surface area contributed by atoms with E-state index in [2.05, 4.69) is 40.9 Å². The number of rotatable bonds is 1. The number of fused-ring (bicyclic) bond motifs is 1. The topological polar surface area (TPSA) is 45.4 Å². The molecule has 1 unspecified atom stereocenters. The van der Waals surface area contributed by atoms with Gasteiger partial charge in [-0.2, -0.15) is 0 Å². The minimum absolute atomic E-state index is 0.575. The summed E-state index contributed by atoms with van der Waals surface area (Å²) in [5, 5.41) is 1.19. The molecule has 0 spiro atoms. The molecular formula is C15H20N4. The molecule has 19 heavy (non-hydrogen) atoms. The Morgan fingerprint density at radius 1 is 1.26 bits per heavy atom. The van der Waals surface area contributed by atoms with E-state index in [-0.39, 0.29) is 0 Å². The smallest absolute Gasteiger partial charge is 0.0743 e. The van der Waals surface area contributed by atoms with Crippen molar-refractivity contribution in [3.05, 3.63) is 30.5 Å². The number of nitrogens with two attached hydrogens (primary N) is 1. The first-order chi connectivity index (χ1) is 9.15. The molecule has 100 valence electrons. The van der Waals surface area contributed by atoms with Crippen LogP contribution in [0.15, 0.2) is 30.5 Å². The number of likely N-dealkylation sites (N-methyl/N-ethyl adjacent to an activating group) is 1. The number of piperazine rings is 1. The fourth-order valence-corrected chi connectivity index (χ4v) is 2.69. The Morgan fingerprint density at radius 2 is 2.11 bits per heavy atom. The van der Waals surface area contributed by atoms with Crippen molar-refractivity contribution in [3.8, 4) is 0 Å². The molecule has 2 N–H and O–H groups in total. The van der Waals surface area contributed by atoms with Gasteiger partial charge in [-0.1, -0.05) is 0 Å². The molecular weight excluding hydrogens is 236 g/mol. The molecule has 0 bridgehead atoms. The molecule has 4 nitrogen and oxygen atoms in total. The van der Waals surface area contributed by atoms with Crippen LogP contribution in [0.1, 0.15) is 6.92 Å².